The minimum atomic E-state index is 0.228. The summed E-state index contributed by atoms with van der Waals surface area (Å²) >= 11 is 7.78. The molecular weight excluding hydrogens is 214 g/mol. The van der Waals surface area contributed by atoms with Crippen LogP contribution < -0.4 is 5.32 Å². The van der Waals surface area contributed by atoms with Crippen molar-refractivity contribution in [3.63, 3.8) is 0 Å². The third-order valence-corrected chi connectivity index (χ3v) is 4.45. The van der Waals surface area contributed by atoms with Crippen LogP contribution >= 0.6 is 22.9 Å². The van der Waals surface area contributed by atoms with Gasteiger partial charge in [0.05, 0.1) is 4.34 Å². The van der Waals surface area contributed by atoms with Crippen LogP contribution in [0, 0.1) is 6.92 Å². The zero-order valence-electron chi connectivity index (χ0n) is 9.28. The SMILES string of the molecule is CNCCC(C)(C)c1cc(C)c(Cl)s1. The van der Waals surface area contributed by atoms with Gasteiger partial charge in [-0.2, -0.15) is 0 Å². The third-order valence-electron chi connectivity index (χ3n) is 2.52. The third kappa shape index (κ3) is 2.72. The maximum absolute atomic E-state index is 6.07. The molecular formula is C11H18ClNS. The van der Waals surface area contributed by atoms with Crippen molar-refractivity contribution in [2.45, 2.75) is 32.6 Å². The summed E-state index contributed by atoms with van der Waals surface area (Å²) in [7, 11) is 1.99. The highest BCUT2D eigenvalue weighted by Gasteiger charge is 2.22. The van der Waals surface area contributed by atoms with E-state index in [0.29, 0.717) is 0 Å². The van der Waals surface area contributed by atoms with E-state index in [1.54, 1.807) is 11.3 Å². The summed E-state index contributed by atoms with van der Waals surface area (Å²) in [5, 5.41) is 3.19. The van der Waals surface area contributed by atoms with Crippen LogP contribution in [0.4, 0.5) is 0 Å². The van der Waals surface area contributed by atoms with Crippen LogP contribution in [0.25, 0.3) is 0 Å². The normalized spacial score (nSPS) is 12.1. The van der Waals surface area contributed by atoms with Gasteiger partial charge in [-0.3, -0.25) is 0 Å². The monoisotopic (exact) mass is 231 g/mol. The number of halogens is 1. The van der Waals surface area contributed by atoms with Gasteiger partial charge in [-0.15, -0.1) is 11.3 Å². The van der Waals surface area contributed by atoms with Gasteiger partial charge in [0.15, 0.2) is 0 Å². The van der Waals surface area contributed by atoms with E-state index in [2.05, 4.69) is 32.2 Å². The Morgan fingerprint density at radius 3 is 2.57 bits per heavy atom. The molecule has 3 heteroatoms. The summed E-state index contributed by atoms with van der Waals surface area (Å²) in [6.45, 7) is 7.65. The summed E-state index contributed by atoms with van der Waals surface area (Å²) in [5.41, 5.74) is 1.43. The Morgan fingerprint density at radius 1 is 1.50 bits per heavy atom. The van der Waals surface area contributed by atoms with Crippen LogP contribution in [0.15, 0.2) is 6.07 Å². The standard InChI is InChI=1S/C11H18ClNS/c1-8-7-9(14-10(8)12)11(2,3)5-6-13-4/h7,13H,5-6H2,1-4H3. The second-order valence-corrected chi connectivity index (χ2v) is 5.96. The van der Waals surface area contributed by atoms with Gasteiger partial charge in [0, 0.05) is 10.3 Å². The van der Waals surface area contributed by atoms with Gasteiger partial charge < -0.3 is 5.32 Å². The largest absolute Gasteiger partial charge is 0.320 e. The van der Waals surface area contributed by atoms with E-state index >= 15 is 0 Å². The number of rotatable bonds is 4. The van der Waals surface area contributed by atoms with Gasteiger partial charge >= 0.3 is 0 Å². The number of thiophene rings is 1. The second-order valence-electron chi connectivity index (χ2n) is 4.30. The fourth-order valence-electron chi connectivity index (χ4n) is 1.35. The summed E-state index contributed by atoms with van der Waals surface area (Å²) in [6.07, 6.45) is 1.14. The Morgan fingerprint density at radius 2 is 2.14 bits per heavy atom. The molecule has 0 saturated heterocycles. The summed E-state index contributed by atoms with van der Waals surface area (Å²) in [4.78, 5) is 1.38. The van der Waals surface area contributed by atoms with Crippen molar-refractivity contribution in [1.29, 1.82) is 0 Å². The van der Waals surface area contributed by atoms with Crippen LogP contribution in [0.5, 0.6) is 0 Å². The van der Waals surface area contributed by atoms with Crippen LogP contribution in [-0.4, -0.2) is 13.6 Å². The van der Waals surface area contributed by atoms with Crippen molar-refractivity contribution in [1.82, 2.24) is 5.32 Å². The molecule has 14 heavy (non-hydrogen) atoms. The molecule has 0 unspecified atom stereocenters. The highest BCUT2D eigenvalue weighted by atomic mass is 35.5. The van der Waals surface area contributed by atoms with E-state index in [1.807, 2.05) is 7.05 Å². The Labute approximate surface area is 95.5 Å². The lowest BCUT2D eigenvalue weighted by Gasteiger charge is -2.22. The molecule has 80 valence electrons. The van der Waals surface area contributed by atoms with Crippen LogP contribution in [0.2, 0.25) is 4.34 Å². The van der Waals surface area contributed by atoms with Gasteiger partial charge in [-0.25, -0.2) is 0 Å². The van der Waals surface area contributed by atoms with E-state index in [9.17, 15) is 0 Å². The van der Waals surface area contributed by atoms with Crippen LogP contribution in [0.1, 0.15) is 30.7 Å². The predicted molar refractivity (Wildman–Crippen MR) is 65.6 cm³/mol. The predicted octanol–water partition coefficient (Wildman–Crippen LogP) is 3.60. The van der Waals surface area contributed by atoms with E-state index in [-0.39, 0.29) is 5.41 Å². The van der Waals surface area contributed by atoms with Gasteiger partial charge in [0.1, 0.15) is 0 Å². The topological polar surface area (TPSA) is 12.0 Å². The lowest BCUT2D eigenvalue weighted by molar-refractivity contribution is 0.477. The molecule has 0 fully saturated rings. The number of aryl methyl sites for hydroxylation is 1. The molecule has 0 spiro atoms. The van der Waals surface area contributed by atoms with Crippen molar-refractivity contribution in [3.8, 4) is 0 Å². The quantitative estimate of drug-likeness (QED) is 0.835. The number of hydrogen-bond acceptors (Lipinski definition) is 2. The van der Waals surface area contributed by atoms with E-state index in [0.717, 1.165) is 17.3 Å². The fourth-order valence-corrected chi connectivity index (χ4v) is 2.69. The van der Waals surface area contributed by atoms with Gasteiger partial charge in [-0.05, 0) is 38.6 Å². The van der Waals surface area contributed by atoms with Crippen molar-refractivity contribution in [2.75, 3.05) is 13.6 Å². The zero-order chi connectivity index (χ0) is 10.8. The van der Waals surface area contributed by atoms with E-state index < -0.39 is 0 Å². The molecule has 0 aromatic carbocycles. The zero-order valence-corrected chi connectivity index (χ0v) is 10.9. The molecule has 0 aliphatic rings. The average Bonchev–Trinajstić information content (AvgIpc) is 2.45. The minimum Gasteiger partial charge on any atom is -0.320 e. The highest BCUT2D eigenvalue weighted by Crippen LogP contribution is 2.36. The molecule has 1 heterocycles. The summed E-state index contributed by atoms with van der Waals surface area (Å²) < 4.78 is 0.928. The molecule has 1 N–H and O–H groups in total. The number of hydrogen-bond donors (Lipinski definition) is 1. The molecule has 1 nitrogen and oxygen atoms in total. The Kier molecular flexibility index (Phi) is 3.99. The number of nitrogens with one attached hydrogen (secondary N) is 1. The molecule has 0 amide bonds. The Hall–Kier alpha value is -0.0500. The molecule has 0 bridgehead atoms. The highest BCUT2D eigenvalue weighted by molar-refractivity contribution is 7.16. The molecule has 0 atom stereocenters. The van der Waals surface area contributed by atoms with Crippen molar-refractivity contribution >= 4 is 22.9 Å². The Balaban J connectivity index is 2.80. The van der Waals surface area contributed by atoms with E-state index in [1.165, 1.54) is 10.4 Å². The smallest absolute Gasteiger partial charge is 0.0960 e. The molecule has 0 aliphatic heterocycles. The first-order chi connectivity index (χ1) is 6.47. The first kappa shape index (κ1) is 12.0. The van der Waals surface area contributed by atoms with Gasteiger partial charge in [0.25, 0.3) is 0 Å². The maximum Gasteiger partial charge on any atom is 0.0960 e. The molecule has 0 saturated carbocycles. The fraction of sp³-hybridized carbons (Fsp3) is 0.636. The van der Waals surface area contributed by atoms with Crippen molar-refractivity contribution < 1.29 is 0 Å². The average molecular weight is 232 g/mol. The molecule has 1 rings (SSSR count). The summed E-state index contributed by atoms with van der Waals surface area (Å²) in [5.74, 6) is 0. The molecule has 1 aromatic heterocycles. The minimum absolute atomic E-state index is 0.228. The molecule has 0 radical (unpaired) electrons. The lowest BCUT2D eigenvalue weighted by Crippen LogP contribution is -2.22. The second kappa shape index (κ2) is 4.65. The van der Waals surface area contributed by atoms with Crippen molar-refractivity contribution in [2.24, 2.45) is 0 Å². The summed E-state index contributed by atoms with van der Waals surface area (Å²) in [6, 6.07) is 2.21. The lowest BCUT2D eigenvalue weighted by atomic mass is 9.87. The van der Waals surface area contributed by atoms with Crippen molar-refractivity contribution in [3.05, 3.63) is 20.8 Å². The first-order valence-corrected chi connectivity index (χ1v) is 6.08. The van der Waals surface area contributed by atoms with Gasteiger partial charge in [0.2, 0.25) is 0 Å². The van der Waals surface area contributed by atoms with E-state index in [4.69, 9.17) is 11.6 Å². The first-order valence-electron chi connectivity index (χ1n) is 4.88. The van der Waals surface area contributed by atoms with Crippen LogP contribution in [0.3, 0.4) is 0 Å². The van der Waals surface area contributed by atoms with Gasteiger partial charge in [-0.1, -0.05) is 25.4 Å². The Bertz CT molecular complexity index is 285. The maximum atomic E-state index is 6.07. The van der Waals surface area contributed by atoms with Crippen LogP contribution in [-0.2, 0) is 5.41 Å². The molecule has 1 aromatic rings. The molecule has 0 aliphatic carbocycles.